The van der Waals surface area contributed by atoms with Gasteiger partial charge in [-0.25, -0.2) is 0 Å². The number of carboxylic acid groups (broad SMARTS) is 2. The van der Waals surface area contributed by atoms with Gasteiger partial charge in [0.05, 0.1) is 29.8 Å². The molecule has 0 aromatic heterocycles. The van der Waals surface area contributed by atoms with E-state index in [1.807, 2.05) is 55.4 Å². The third-order valence-corrected chi connectivity index (χ3v) is 9.40. The lowest BCUT2D eigenvalue weighted by atomic mass is 9.72. The number of hydrogen-bond donors (Lipinski definition) is 6. The van der Waals surface area contributed by atoms with Crippen LogP contribution in [0.5, 0.6) is 0 Å². The van der Waals surface area contributed by atoms with Gasteiger partial charge in [0, 0.05) is 41.7 Å². The number of rotatable bonds is 13. The molecule has 0 radical (unpaired) electrons. The van der Waals surface area contributed by atoms with E-state index in [0.29, 0.717) is 25.7 Å². The zero-order valence-corrected chi connectivity index (χ0v) is 26.0. The first-order chi connectivity index (χ1) is 18.0. The fraction of sp³-hybridized carbons (Fsp3) is 0.933. The van der Waals surface area contributed by atoms with E-state index in [-0.39, 0.29) is 45.2 Å². The summed E-state index contributed by atoms with van der Waals surface area (Å²) in [6, 6.07) is 0. The Kier molecular flexibility index (Phi) is 10.9. The zero-order valence-electron chi connectivity index (χ0n) is 26.0. The number of likely N-dealkylation sites (tertiary alicyclic amines) is 2. The molecule has 2 heterocycles. The largest absolute Gasteiger partial charge is 0.481 e. The van der Waals surface area contributed by atoms with Crippen LogP contribution in [0.2, 0.25) is 0 Å². The lowest BCUT2D eigenvalue weighted by Gasteiger charge is -2.55. The third-order valence-electron chi connectivity index (χ3n) is 9.40. The van der Waals surface area contributed by atoms with E-state index in [0.717, 1.165) is 0 Å². The molecule has 0 aromatic carbocycles. The number of β-amino-alcohol motifs (C(OH)–C–C–N with tert-alkyl or cyclic N) is 2. The van der Waals surface area contributed by atoms with Crippen LogP contribution in [0.3, 0.4) is 0 Å². The Morgan fingerprint density at radius 1 is 0.725 bits per heavy atom. The van der Waals surface area contributed by atoms with Crippen LogP contribution >= 0.6 is 0 Å². The van der Waals surface area contributed by atoms with Crippen molar-refractivity contribution in [2.45, 2.75) is 160 Å². The molecule has 40 heavy (non-hydrogen) atoms. The number of aliphatic hydroxyl groups excluding tert-OH is 4. The summed E-state index contributed by atoms with van der Waals surface area (Å²) < 4.78 is 0. The first-order valence-electron chi connectivity index (χ1n) is 14.8. The molecule has 0 aliphatic carbocycles. The lowest BCUT2D eigenvalue weighted by Crippen LogP contribution is -2.64. The number of hydrogen-bond acceptors (Lipinski definition) is 8. The molecule has 0 aromatic rings. The molecule has 0 saturated carbocycles. The van der Waals surface area contributed by atoms with E-state index in [9.17, 15) is 40.2 Å². The van der Waals surface area contributed by atoms with Gasteiger partial charge in [0.25, 0.3) is 0 Å². The summed E-state index contributed by atoms with van der Waals surface area (Å²) in [6.45, 7) is 16.4. The molecule has 2 aliphatic heterocycles. The van der Waals surface area contributed by atoms with E-state index < -0.39 is 63.9 Å². The van der Waals surface area contributed by atoms with Crippen LogP contribution in [0, 0.1) is 5.41 Å². The van der Waals surface area contributed by atoms with Crippen molar-refractivity contribution in [3.63, 3.8) is 0 Å². The summed E-state index contributed by atoms with van der Waals surface area (Å²) in [5.74, 6) is -2.18. The van der Waals surface area contributed by atoms with Crippen molar-refractivity contribution < 1.29 is 40.2 Å². The Morgan fingerprint density at radius 3 is 1.32 bits per heavy atom. The SMILES string of the molecule is CC1(C)CC(O)CC(C)(C)N1CC(O)CC(CCCC(=O)O)(CC(O)CN1C(C)(C)CC(O)CC1(C)C)C(=O)O. The van der Waals surface area contributed by atoms with E-state index in [1.165, 1.54) is 0 Å². The average molecular weight is 573 g/mol. The Bertz CT molecular complexity index is 799. The second kappa shape index (κ2) is 12.5. The number of carboxylic acids is 2. The van der Waals surface area contributed by atoms with Crippen LogP contribution in [0.15, 0.2) is 0 Å². The summed E-state index contributed by atoms with van der Waals surface area (Å²) in [5, 5.41) is 63.2. The molecule has 234 valence electrons. The molecular formula is C30H56N2O8. The smallest absolute Gasteiger partial charge is 0.309 e. The first kappa shape index (κ1) is 34.9. The van der Waals surface area contributed by atoms with E-state index >= 15 is 0 Å². The fourth-order valence-electron chi connectivity index (χ4n) is 8.12. The van der Waals surface area contributed by atoms with Crippen molar-refractivity contribution in [1.82, 2.24) is 9.80 Å². The third kappa shape index (κ3) is 8.61. The molecule has 6 N–H and O–H groups in total. The fourth-order valence-corrected chi connectivity index (χ4v) is 8.12. The molecule has 2 saturated heterocycles. The molecule has 0 bridgehead atoms. The van der Waals surface area contributed by atoms with Gasteiger partial charge in [0.15, 0.2) is 0 Å². The minimum atomic E-state index is -1.53. The minimum Gasteiger partial charge on any atom is -0.481 e. The van der Waals surface area contributed by atoms with Gasteiger partial charge >= 0.3 is 11.9 Å². The van der Waals surface area contributed by atoms with Crippen LogP contribution in [0.25, 0.3) is 0 Å². The summed E-state index contributed by atoms with van der Waals surface area (Å²) in [5.41, 5.74) is -3.22. The van der Waals surface area contributed by atoms with Gasteiger partial charge in [0.2, 0.25) is 0 Å². The van der Waals surface area contributed by atoms with E-state index in [2.05, 4.69) is 9.80 Å². The van der Waals surface area contributed by atoms with E-state index in [4.69, 9.17) is 0 Å². The highest BCUT2D eigenvalue weighted by Crippen LogP contribution is 2.43. The topological polar surface area (TPSA) is 162 Å². The molecule has 2 atom stereocenters. The van der Waals surface area contributed by atoms with Gasteiger partial charge in [-0.2, -0.15) is 0 Å². The van der Waals surface area contributed by atoms with Gasteiger partial charge in [-0.15, -0.1) is 0 Å². The highest BCUT2D eigenvalue weighted by molar-refractivity contribution is 5.75. The van der Waals surface area contributed by atoms with Gasteiger partial charge in [-0.1, -0.05) is 0 Å². The molecule has 0 amide bonds. The average Bonchev–Trinajstić information content (AvgIpc) is 2.71. The van der Waals surface area contributed by atoms with Crippen molar-refractivity contribution in [3.8, 4) is 0 Å². The predicted molar refractivity (Wildman–Crippen MR) is 153 cm³/mol. The Hall–Kier alpha value is -1.30. The van der Waals surface area contributed by atoms with Crippen LogP contribution in [0.4, 0.5) is 0 Å². The Morgan fingerprint density at radius 2 is 1.05 bits per heavy atom. The highest BCUT2D eigenvalue weighted by Gasteiger charge is 2.49. The van der Waals surface area contributed by atoms with Gasteiger partial charge in [0.1, 0.15) is 0 Å². The number of aliphatic hydroxyl groups is 4. The minimum absolute atomic E-state index is 0.0136. The Balaban J connectivity index is 2.31. The van der Waals surface area contributed by atoms with Crippen molar-refractivity contribution in [2.24, 2.45) is 5.41 Å². The van der Waals surface area contributed by atoms with Crippen LogP contribution in [-0.2, 0) is 9.59 Å². The maximum Gasteiger partial charge on any atom is 0.309 e. The van der Waals surface area contributed by atoms with Gasteiger partial charge in [-0.3, -0.25) is 19.4 Å². The maximum absolute atomic E-state index is 12.9. The summed E-state index contributed by atoms with van der Waals surface area (Å²) in [4.78, 5) is 28.4. The van der Waals surface area contributed by atoms with Gasteiger partial charge < -0.3 is 30.6 Å². The quantitative estimate of drug-likeness (QED) is 0.193. The molecule has 0 spiro atoms. The van der Waals surface area contributed by atoms with Crippen molar-refractivity contribution >= 4 is 11.9 Å². The zero-order chi connectivity index (χ0) is 30.9. The molecule has 2 rings (SSSR count). The maximum atomic E-state index is 12.9. The molecule has 2 aliphatic rings. The summed E-state index contributed by atoms with van der Waals surface area (Å²) >= 11 is 0. The number of nitrogens with zero attached hydrogens (tertiary/aromatic N) is 2. The predicted octanol–water partition coefficient (Wildman–Crippen LogP) is 2.84. The van der Waals surface area contributed by atoms with Crippen LogP contribution < -0.4 is 0 Å². The molecular weight excluding hydrogens is 516 g/mol. The van der Waals surface area contributed by atoms with Crippen molar-refractivity contribution in [2.75, 3.05) is 13.1 Å². The van der Waals surface area contributed by atoms with E-state index in [1.54, 1.807) is 0 Å². The highest BCUT2D eigenvalue weighted by atomic mass is 16.4. The van der Waals surface area contributed by atoms with Gasteiger partial charge in [-0.05, 0) is 107 Å². The monoisotopic (exact) mass is 572 g/mol. The number of aliphatic carboxylic acids is 2. The number of carbonyl (C=O) groups is 2. The standard InChI is InChI=1S/C30H56N2O8/c1-26(2)12-20(33)13-27(3,4)31(26)18-22(35)16-30(25(39)40,11-9-10-24(37)38)17-23(36)19-32-28(5,6)14-21(34)15-29(32,7)8/h20-23,33-36H,9-19H2,1-8H3,(H,37,38)(H,39,40). The summed E-state index contributed by atoms with van der Waals surface area (Å²) in [6.07, 6.45) is -1.23. The number of piperidine rings is 2. The second-order valence-corrected chi connectivity index (χ2v) is 15.1. The summed E-state index contributed by atoms with van der Waals surface area (Å²) in [7, 11) is 0. The normalized spacial score (nSPS) is 26.6. The van der Waals surface area contributed by atoms with Crippen LogP contribution in [0.1, 0.15) is 113 Å². The lowest BCUT2D eigenvalue weighted by molar-refractivity contribution is -0.157. The van der Waals surface area contributed by atoms with Crippen molar-refractivity contribution in [3.05, 3.63) is 0 Å². The van der Waals surface area contributed by atoms with Crippen molar-refractivity contribution in [1.29, 1.82) is 0 Å². The van der Waals surface area contributed by atoms with Crippen LogP contribution in [-0.4, -0.2) is 112 Å². The Labute approximate surface area is 240 Å². The first-order valence-corrected chi connectivity index (χ1v) is 14.8. The molecule has 2 unspecified atom stereocenters. The molecule has 10 nitrogen and oxygen atoms in total. The second-order valence-electron chi connectivity index (χ2n) is 15.1. The molecule has 10 heteroatoms. The molecule has 2 fully saturated rings.